The second-order valence-corrected chi connectivity index (χ2v) is 5.61. The van der Waals surface area contributed by atoms with E-state index in [2.05, 4.69) is 15.9 Å². The first-order valence-corrected chi connectivity index (χ1v) is 7.17. The Kier molecular flexibility index (Phi) is 3.74. The predicted molar refractivity (Wildman–Crippen MR) is 82.1 cm³/mol. The van der Waals surface area contributed by atoms with Crippen molar-refractivity contribution in [3.05, 3.63) is 81.8 Å². The van der Waals surface area contributed by atoms with Crippen LogP contribution >= 0.6 is 15.9 Å². The molecule has 3 rings (SSSR count). The van der Waals surface area contributed by atoms with Crippen LogP contribution < -0.4 is 0 Å². The Morgan fingerprint density at radius 3 is 2.29 bits per heavy atom. The largest absolute Gasteiger partial charge is 0.384 e. The molecule has 3 aromatic rings. The standard InChI is InChI=1S/C17H11BrF2O/c18-14-7-5-10(9-16(14)20)17(21)13-6-8-15(19)12-4-2-1-3-11(12)13/h1-9,17,21H. The number of hydrogen-bond acceptors (Lipinski definition) is 1. The fraction of sp³-hybridized carbons (Fsp3) is 0.0588. The van der Waals surface area contributed by atoms with E-state index in [9.17, 15) is 13.9 Å². The number of aliphatic hydroxyl groups excluding tert-OH is 1. The van der Waals surface area contributed by atoms with Crippen LogP contribution in [0.25, 0.3) is 10.8 Å². The third-order valence-electron chi connectivity index (χ3n) is 3.46. The van der Waals surface area contributed by atoms with Crippen molar-refractivity contribution in [3.8, 4) is 0 Å². The molecule has 1 nitrogen and oxygen atoms in total. The van der Waals surface area contributed by atoms with Crippen LogP contribution in [0.15, 0.2) is 59.1 Å². The monoisotopic (exact) mass is 348 g/mol. The summed E-state index contributed by atoms with van der Waals surface area (Å²) < 4.78 is 27.8. The summed E-state index contributed by atoms with van der Waals surface area (Å²) in [7, 11) is 0. The predicted octanol–water partition coefficient (Wildman–Crippen LogP) is 4.96. The van der Waals surface area contributed by atoms with Gasteiger partial charge in [-0.3, -0.25) is 0 Å². The molecule has 0 heterocycles. The van der Waals surface area contributed by atoms with E-state index in [0.717, 1.165) is 0 Å². The Hall–Kier alpha value is -1.78. The summed E-state index contributed by atoms with van der Waals surface area (Å²) in [6, 6.07) is 14.2. The molecule has 0 aliphatic rings. The summed E-state index contributed by atoms with van der Waals surface area (Å²) >= 11 is 3.08. The van der Waals surface area contributed by atoms with Crippen molar-refractivity contribution in [3.63, 3.8) is 0 Å². The Bertz CT molecular complexity index is 817. The molecule has 0 saturated heterocycles. The molecule has 21 heavy (non-hydrogen) atoms. The molecule has 0 aliphatic carbocycles. The number of fused-ring (bicyclic) bond motifs is 1. The van der Waals surface area contributed by atoms with E-state index < -0.39 is 11.9 Å². The zero-order chi connectivity index (χ0) is 15.0. The number of benzene rings is 3. The Balaban J connectivity index is 2.15. The Morgan fingerprint density at radius 1 is 0.857 bits per heavy atom. The summed E-state index contributed by atoms with van der Waals surface area (Å²) in [6.07, 6.45) is -1.02. The summed E-state index contributed by atoms with van der Waals surface area (Å²) in [5.41, 5.74) is 0.973. The van der Waals surface area contributed by atoms with Crippen LogP contribution in [0.5, 0.6) is 0 Å². The van der Waals surface area contributed by atoms with Gasteiger partial charge in [-0.1, -0.05) is 36.4 Å². The number of aliphatic hydroxyl groups is 1. The van der Waals surface area contributed by atoms with E-state index in [1.54, 1.807) is 36.4 Å². The molecule has 1 unspecified atom stereocenters. The van der Waals surface area contributed by atoms with Gasteiger partial charge in [0.15, 0.2) is 0 Å². The first kappa shape index (κ1) is 14.2. The van der Waals surface area contributed by atoms with Crippen LogP contribution in [0.2, 0.25) is 0 Å². The van der Waals surface area contributed by atoms with Crippen molar-refractivity contribution in [1.29, 1.82) is 0 Å². The number of hydrogen-bond donors (Lipinski definition) is 1. The third-order valence-corrected chi connectivity index (χ3v) is 4.10. The van der Waals surface area contributed by atoms with Crippen LogP contribution in [0.1, 0.15) is 17.2 Å². The number of halogens is 3. The summed E-state index contributed by atoms with van der Waals surface area (Å²) in [4.78, 5) is 0. The number of rotatable bonds is 2. The van der Waals surface area contributed by atoms with Gasteiger partial charge >= 0.3 is 0 Å². The van der Waals surface area contributed by atoms with Crippen LogP contribution in [-0.4, -0.2) is 5.11 Å². The molecule has 0 fully saturated rings. The van der Waals surface area contributed by atoms with Gasteiger partial charge in [-0.25, -0.2) is 8.78 Å². The summed E-state index contributed by atoms with van der Waals surface area (Å²) in [5.74, 6) is -0.790. The van der Waals surface area contributed by atoms with Crippen LogP contribution in [0, 0.1) is 11.6 Å². The lowest BCUT2D eigenvalue weighted by Gasteiger charge is -2.15. The molecule has 0 aromatic heterocycles. The first-order chi connectivity index (χ1) is 10.1. The molecule has 3 aromatic carbocycles. The fourth-order valence-corrected chi connectivity index (χ4v) is 2.63. The highest BCUT2D eigenvalue weighted by Gasteiger charge is 2.16. The quantitative estimate of drug-likeness (QED) is 0.693. The van der Waals surface area contributed by atoms with Gasteiger partial charge in [-0.05, 0) is 50.6 Å². The van der Waals surface area contributed by atoms with Gasteiger partial charge in [0.2, 0.25) is 0 Å². The minimum Gasteiger partial charge on any atom is -0.384 e. The SMILES string of the molecule is OC(c1ccc(Br)c(F)c1)c1ccc(F)c2ccccc12. The lowest BCUT2D eigenvalue weighted by Crippen LogP contribution is -2.02. The minimum absolute atomic E-state index is 0.336. The Labute approximate surface area is 129 Å². The van der Waals surface area contributed by atoms with Crippen molar-refractivity contribution in [2.24, 2.45) is 0 Å². The fourth-order valence-electron chi connectivity index (χ4n) is 2.39. The van der Waals surface area contributed by atoms with Crippen LogP contribution in [0.4, 0.5) is 8.78 Å². The van der Waals surface area contributed by atoms with Gasteiger partial charge in [-0.15, -0.1) is 0 Å². The molecule has 0 bridgehead atoms. The van der Waals surface area contributed by atoms with Gasteiger partial charge in [-0.2, -0.15) is 0 Å². The van der Waals surface area contributed by atoms with E-state index >= 15 is 0 Å². The van der Waals surface area contributed by atoms with Crippen LogP contribution in [0.3, 0.4) is 0 Å². The second-order valence-electron chi connectivity index (χ2n) is 4.76. The van der Waals surface area contributed by atoms with Crippen molar-refractivity contribution in [2.45, 2.75) is 6.10 Å². The molecule has 106 valence electrons. The zero-order valence-electron chi connectivity index (χ0n) is 10.9. The van der Waals surface area contributed by atoms with Crippen molar-refractivity contribution in [1.82, 2.24) is 0 Å². The summed E-state index contributed by atoms with van der Waals surface area (Å²) in [5, 5.41) is 11.5. The normalized spacial score (nSPS) is 12.6. The molecular weight excluding hydrogens is 338 g/mol. The minimum atomic E-state index is -1.02. The lowest BCUT2D eigenvalue weighted by molar-refractivity contribution is 0.221. The molecule has 0 spiro atoms. The zero-order valence-corrected chi connectivity index (χ0v) is 12.4. The van der Waals surface area contributed by atoms with Gasteiger partial charge in [0.05, 0.1) is 4.47 Å². The smallest absolute Gasteiger partial charge is 0.137 e. The second kappa shape index (κ2) is 5.54. The van der Waals surface area contributed by atoms with Gasteiger partial charge < -0.3 is 5.11 Å². The van der Waals surface area contributed by atoms with Gasteiger partial charge in [0.25, 0.3) is 0 Å². The molecule has 0 radical (unpaired) electrons. The maximum atomic E-state index is 13.8. The van der Waals surface area contributed by atoms with E-state index in [1.807, 2.05) is 0 Å². The van der Waals surface area contributed by atoms with E-state index in [1.165, 1.54) is 18.2 Å². The highest BCUT2D eigenvalue weighted by molar-refractivity contribution is 9.10. The average Bonchev–Trinajstić information content (AvgIpc) is 2.50. The lowest BCUT2D eigenvalue weighted by atomic mass is 9.95. The Morgan fingerprint density at radius 2 is 1.57 bits per heavy atom. The summed E-state index contributed by atoms with van der Waals surface area (Å²) in [6.45, 7) is 0. The van der Waals surface area contributed by atoms with E-state index in [4.69, 9.17) is 0 Å². The van der Waals surface area contributed by atoms with Gasteiger partial charge in [0.1, 0.15) is 17.7 Å². The maximum Gasteiger partial charge on any atom is 0.137 e. The molecule has 0 saturated carbocycles. The first-order valence-electron chi connectivity index (χ1n) is 6.38. The van der Waals surface area contributed by atoms with Crippen molar-refractivity contribution < 1.29 is 13.9 Å². The molecular formula is C17H11BrF2O. The van der Waals surface area contributed by atoms with E-state index in [0.29, 0.717) is 26.4 Å². The van der Waals surface area contributed by atoms with Crippen molar-refractivity contribution >= 4 is 26.7 Å². The highest BCUT2D eigenvalue weighted by atomic mass is 79.9. The molecule has 4 heteroatoms. The molecule has 0 aliphatic heterocycles. The van der Waals surface area contributed by atoms with E-state index in [-0.39, 0.29) is 5.82 Å². The van der Waals surface area contributed by atoms with Gasteiger partial charge in [0, 0.05) is 5.39 Å². The highest BCUT2D eigenvalue weighted by Crippen LogP contribution is 2.31. The third kappa shape index (κ3) is 2.57. The van der Waals surface area contributed by atoms with Crippen LogP contribution in [-0.2, 0) is 0 Å². The van der Waals surface area contributed by atoms with Crippen molar-refractivity contribution in [2.75, 3.05) is 0 Å². The molecule has 1 N–H and O–H groups in total. The topological polar surface area (TPSA) is 20.2 Å². The molecule has 1 atom stereocenters. The molecule has 0 amide bonds. The average molecular weight is 349 g/mol. The maximum absolute atomic E-state index is 13.8.